The fourth-order valence-electron chi connectivity index (χ4n) is 1.73. The third-order valence-corrected chi connectivity index (χ3v) is 3.82. The van der Waals surface area contributed by atoms with Crippen LogP contribution >= 0.6 is 11.8 Å². The lowest BCUT2D eigenvalue weighted by Gasteiger charge is -2.07. The number of aromatic nitrogens is 3. The molecule has 0 aliphatic heterocycles. The molecule has 1 aromatic carbocycles. The van der Waals surface area contributed by atoms with E-state index in [1.807, 2.05) is 35.9 Å². The number of methoxy groups -OCH3 is 1. The maximum absolute atomic E-state index is 8.79. The van der Waals surface area contributed by atoms with Crippen LogP contribution in [0.4, 0.5) is 0 Å². The van der Waals surface area contributed by atoms with E-state index in [1.165, 1.54) is 0 Å². The molecule has 102 valence electrons. The van der Waals surface area contributed by atoms with Crippen molar-refractivity contribution in [1.82, 2.24) is 14.8 Å². The number of thioether (sulfide) groups is 1. The minimum Gasteiger partial charge on any atom is -0.496 e. The van der Waals surface area contributed by atoms with Gasteiger partial charge in [-0.1, -0.05) is 23.9 Å². The van der Waals surface area contributed by atoms with Gasteiger partial charge >= 0.3 is 0 Å². The van der Waals surface area contributed by atoms with E-state index in [4.69, 9.17) is 9.84 Å². The highest BCUT2D eigenvalue weighted by molar-refractivity contribution is 7.99. The van der Waals surface area contributed by atoms with Crippen LogP contribution in [-0.2, 0) is 7.05 Å². The lowest BCUT2D eigenvalue weighted by molar-refractivity contribution is 0.296. The highest BCUT2D eigenvalue weighted by Gasteiger charge is 2.14. The highest BCUT2D eigenvalue weighted by Crippen LogP contribution is 2.29. The lowest BCUT2D eigenvalue weighted by atomic mass is 10.2. The summed E-state index contributed by atoms with van der Waals surface area (Å²) >= 11 is 1.59. The first-order chi connectivity index (χ1) is 9.27. The van der Waals surface area contributed by atoms with E-state index in [-0.39, 0.29) is 6.61 Å². The van der Waals surface area contributed by atoms with Crippen molar-refractivity contribution in [1.29, 1.82) is 0 Å². The summed E-state index contributed by atoms with van der Waals surface area (Å²) in [6.07, 6.45) is 0.752. The molecule has 0 aliphatic rings. The number of ether oxygens (including phenoxy) is 1. The minimum absolute atomic E-state index is 0.199. The van der Waals surface area contributed by atoms with Crippen molar-refractivity contribution in [3.8, 4) is 17.1 Å². The Kier molecular flexibility index (Phi) is 4.81. The van der Waals surface area contributed by atoms with Gasteiger partial charge in [0.2, 0.25) is 0 Å². The van der Waals surface area contributed by atoms with Crippen molar-refractivity contribution in [3.05, 3.63) is 24.3 Å². The maximum atomic E-state index is 8.79. The Morgan fingerprint density at radius 2 is 2.11 bits per heavy atom. The molecular formula is C13H17N3O2S. The van der Waals surface area contributed by atoms with Crippen molar-refractivity contribution >= 4 is 11.8 Å². The van der Waals surface area contributed by atoms with E-state index in [9.17, 15) is 0 Å². The van der Waals surface area contributed by atoms with Gasteiger partial charge in [-0.2, -0.15) is 0 Å². The second-order valence-corrected chi connectivity index (χ2v) is 5.05. The molecular weight excluding hydrogens is 262 g/mol. The first-order valence-electron chi connectivity index (χ1n) is 6.04. The predicted molar refractivity (Wildman–Crippen MR) is 75.4 cm³/mol. The van der Waals surface area contributed by atoms with Crippen LogP contribution in [0.1, 0.15) is 6.42 Å². The number of hydrogen-bond acceptors (Lipinski definition) is 5. The van der Waals surface area contributed by atoms with Crippen LogP contribution in [-0.4, -0.2) is 39.3 Å². The fourth-order valence-corrected chi connectivity index (χ4v) is 2.57. The number of aliphatic hydroxyl groups excluding tert-OH is 1. The van der Waals surface area contributed by atoms with Crippen molar-refractivity contribution in [2.75, 3.05) is 19.5 Å². The summed E-state index contributed by atoms with van der Waals surface area (Å²) in [6.45, 7) is 0.199. The molecule has 2 rings (SSSR count). The number of hydrogen-bond donors (Lipinski definition) is 1. The number of benzene rings is 1. The van der Waals surface area contributed by atoms with E-state index in [2.05, 4.69) is 10.2 Å². The summed E-state index contributed by atoms with van der Waals surface area (Å²) in [4.78, 5) is 0. The second-order valence-electron chi connectivity index (χ2n) is 3.99. The summed E-state index contributed by atoms with van der Waals surface area (Å²) in [5, 5.41) is 18.0. The number of rotatable bonds is 6. The van der Waals surface area contributed by atoms with Crippen LogP contribution < -0.4 is 4.74 Å². The molecule has 1 heterocycles. The van der Waals surface area contributed by atoms with Gasteiger partial charge in [0, 0.05) is 19.4 Å². The predicted octanol–water partition coefficient (Wildman–Crippen LogP) is 1.97. The van der Waals surface area contributed by atoms with E-state index in [1.54, 1.807) is 18.9 Å². The summed E-state index contributed by atoms with van der Waals surface area (Å²) in [5.41, 5.74) is 0.925. The Bertz CT molecular complexity index is 542. The molecule has 0 spiro atoms. The van der Waals surface area contributed by atoms with Crippen molar-refractivity contribution in [3.63, 3.8) is 0 Å². The van der Waals surface area contributed by atoms with Crippen molar-refractivity contribution in [2.24, 2.45) is 7.05 Å². The quantitative estimate of drug-likeness (QED) is 0.647. The standard InChI is InChI=1S/C13H17N3O2S/c1-16-12(10-6-3-4-7-11(10)18-2)14-15-13(16)19-9-5-8-17/h3-4,6-7,17H,5,8-9H2,1-2H3. The monoisotopic (exact) mass is 279 g/mol. The van der Waals surface area contributed by atoms with Gasteiger partial charge < -0.3 is 14.4 Å². The minimum atomic E-state index is 0.199. The Balaban J connectivity index is 2.26. The third kappa shape index (κ3) is 3.08. The van der Waals surface area contributed by atoms with Gasteiger partial charge in [-0.15, -0.1) is 10.2 Å². The summed E-state index contributed by atoms with van der Waals surface area (Å²) in [5.74, 6) is 2.39. The lowest BCUT2D eigenvalue weighted by Crippen LogP contribution is -1.97. The molecule has 0 atom stereocenters. The molecule has 2 aromatic rings. The largest absolute Gasteiger partial charge is 0.496 e. The molecule has 1 N–H and O–H groups in total. The van der Waals surface area contributed by atoms with Crippen LogP contribution in [0.2, 0.25) is 0 Å². The van der Waals surface area contributed by atoms with Gasteiger partial charge in [0.1, 0.15) is 5.75 Å². The molecule has 0 radical (unpaired) electrons. The van der Waals surface area contributed by atoms with Crippen LogP contribution in [0, 0.1) is 0 Å². The van der Waals surface area contributed by atoms with E-state index >= 15 is 0 Å². The van der Waals surface area contributed by atoms with Crippen LogP contribution in [0.25, 0.3) is 11.4 Å². The molecule has 0 unspecified atom stereocenters. The van der Waals surface area contributed by atoms with E-state index < -0.39 is 0 Å². The molecule has 0 bridgehead atoms. The molecule has 0 saturated carbocycles. The second kappa shape index (κ2) is 6.58. The Labute approximate surface area is 116 Å². The molecule has 0 amide bonds. The topological polar surface area (TPSA) is 60.2 Å². The molecule has 1 aromatic heterocycles. The average molecular weight is 279 g/mol. The maximum Gasteiger partial charge on any atom is 0.191 e. The summed E-state index contributed by atoms with van der Waals surface area (Å²) in [6, 6.07) is 7.74. The van der Waals surface area contributed by atoms with E-state index in [0.717, 1.165) is 34.5 Å². The fraction of sp³-hybridized carbons (Fsp3) is 0.385. The zero-order valence-electron chi connectivity index (χ0n) is 11.0. The number of para-hydroxylation sites is 1. The SMILES string of the molecule is COc1ccccc1-c1nnc(SCCCO)n1C. The molecule has 0 fully saturated rings. The zero-order valence-corrected chi connectivity index (χ0v) is 11.9. The van der Waals surface area contributed by atoms with Gasteiger partial charge in [0.25, 0.3) is 0 Å². The first kappa shape index (κ1) is 13.9. The first-order valence-corrected chi connectivity index (χ1v) is 7.03. The highest BCUT2D eigenvalue weighted by atomic mass is 32.2. The van der Waals surface area contributed by atoms with Gasteiger partial charge in [0.05, 0.1) is 12.7 Å². The summed E-state index contributed by atoms with van der Waals surface area (Å²) < 4.78 is 7.29. The Morgan fingerprint density at radius 1 is 1.32 bits per heavy atom. The number of aliphatic hydroxyl groups is 1. The van der Waals surface area contributed by atoms with E-state index in [0.29, 0.717) is 0 Å². The normalized spacial score (nSPS) is 10.7. The smallest absolute Gasteiger partial charge is 0.191 e. The van der Waals surface area contributed by atoms with Crippen molar-refractivity contribution in [2.45, 2.75) is 11.6 Å². The molecule has 5 nitrogen and oxygen atoms in total. The molecule has 6 heteroatoms. The molecule has 0 saturated heterocycles. The molecule has 0 aliphatic carbocycles. The van der Waals surface area contributed by atoms with Crippen LogP contribution in [0.3, 0.4) is 0 Å². The van der Waals surface area contributed by atoms with Crippen LogP contribution in [0.15, 0.2) is 29.4 Å². The summed E-state index contributed by atoms with van der Waals surface area (Å²) in [7, 11) is 3.58. The Morgan fingerprint density at radius 3 is 2.84 bits per heavy atom. The number of nitrogens with zero attached hydrogens (tertiary/aromatic N) is 3. The van der Waals surface area contributed by atoms with Gasteiger partial charge in [-0.3, -0.25) is 0 Å². The average Bonchev–Trinajstić information content (AvgIpc) is 2.80. The van der Waals surface area contributed by atoms with Gasteiger partial charge in [-0.05, 0) is 18.6 Å². The molecule has 19 heavy (non-hydrogen) atoms. The van der Waals surface area contributed by atoms with Gasteiger partial charge in [-0.25, -0.2) is 0 Å². The zero-order chi connectivity index (χ0) is 13.7. The Hall–Kier alpha value is -1.53. The van der Waals surface area contributed by atoms with Crippen molar-refractivity contribution < 1.29 is 9.84 Å². The van der Waals surface area contributed by atoms with Gasteiger partial charge in [0.15, 0.2) is 11.0 Å². The van der Waals surface area contributed by atoms with Crippen LogP contribution in [0.5, 0.6) is 5.75 Å². The third-order valence-electron chi connectivity index (χ3n) is 2.72.